The van der Waals surface area contributed by atoms with Gasteiger partial charge in [-0.2, -0.15) is 0 Å². The molecule has 1 rings (SSSR count). The van der Waals surface area contributed by atoms with Gasteiger partial charge in [-0.05, 0) is 44.5 Å². The van der Waals surface area contributed by atoms with Crippen molar-refractivity contribution in [2.24, 2.45) is 0 Å². The first-order chi connectivity index (χ1) is 9.63. The van der Waals surface area contributed by atoms with Crippen molar-refractivity contribution in [1.29, 1.82) is 0 Å². The van der Waals surface area contributed by atoms with Crippen LogP contribution in [0.2, 0.25) is 0 Å². The Balaban J connectivity index is 2.65. The highest BCUT2D eigenvalue weighted by atomic mass is 16.5. The van der Waals surface area contributed by atoms with Gasteiger partial charge in [0.2, 0.25) is 0 Å². The van der Waals surface area contributed by atoms with E-state index in [4.69, 9.17) is 4.74 Å². The number of rotatable bonds is 8. The first-order valence-corrected chi connectivity index (χ1v) is 7.23. The predicted octanol–water partition coefficient (Wildman–Crippen LogP) is 2.64. The van der Waals surface area contributed by atoms with Gasteiger partial charge in [-0.1, -0.05) is 0 Å². The summed E-state index contributed by atoms with van der Waals surface area (Å²) in [7, 11) is 3.50. The van der Waals surface area contributed by atoms with E-state index in [1.165, 1.54) is 0 Å². The molecule has 0 fully saturated rings. The molecule has 0 aliphatic rings. The molecule has 1 aromatic carbocycles. The van der Waals surface area contributed by atoms with E-state index in [0.717, 1.165) is 30.8 Å². The number of methoxy groups -OCH3 is 1. The van der Waals surface area contributed by atoms with E-state index in [2.05, 4.69) is 18.7 Å². The molecule has 0 spiro atoms. The van der Waals surface area contributed by atoms with Crippen molar-refractivity contribution in [3.05, 3.63) is 29.8 Å². The molecule has 0 saturated heterocycles. The molecule has 1 aromatic rings. The van der Waals surface area contributed by atoms with Gasteiger partial charge in [-0.15, -0.1) is 0 Å². The van der Waals surface area contributed by atoms with E-state index in [9.17, 15) is 4.79 Å². The lowest BCUT2D eigenvalue weighted by atomic mass is 10.1. The number of amides is 1. The maximum atomic E-state index is 12.2. The van der Waals surface area contributed by atoms with E-state index < -0.39 is 0 Å². The van der Waals surface area contributed by atoms with E-state index in [0.29, 0.717) is 13.2 Å². The highest BCUT2D eigenvalue weighted by Gasteiger charge is 2.11. The molecule has 1 amide bonds. The number of carbonyl (C=O) groups excluding carboxylic acids is 1. The van der Waals surface area contributed by atoms with Crippen LogP contribution in [0.4, 0.5) is 5.69 Å². The first kappa shape index (κ1) is 16.5. The van der Waals surface area contributed by atoms with Gasteiger partial charge in [0, 0.05) is 51.6 Å². The highest BCUT2D eigenvalue weighted by molar-refractivity contribution is 5.94. The van der Waals surface area contributed by atoms with E-state index in [1.807, 2.05) is 31.3 Å². The molecule has 0 aliphatic heterocycles. The van der Waals surface area contributed by atoms with Crippen LogP contribution in [0.15, 0.2) is 24.3 Å². The standard InChI is InChI=1S/C16H26N2O2/c1-5-18(6-2)15-10-8-14(9-11-15)16(19)17(3)12-7-13-20-4/h8-11H,5-7,12-13H2,1-4H3. The first-order valence-electron chi connectivity index (χ1n) is 7.23. The Morgan fingerprint density at radius 3 is 2.25 bits per heavy atom. The van der Waals surface area contributed by atoms with Gasteiger partial charge in [0.25, 0.3) is 5.91 Å². The SMILES string of the molecule is CCN(CC)c1ccc(C(=O)N(C)CCCOC)cc1. The molecule has 20 heavy (non-hydrogen) atoms. The summed E-state index contributed by atoms with van der Waals surface area (Å²) in [6, 6.07) is 7.85. The Morgan fingerprint density at radius 2 is 1.75 bits per heavy atom. The quantitative estimate of drug-likeness (QED) is 0.685. The lowest BCUT2D eigenvalue weighted by molar-refractivity contribution is 0.0779. The molecular formula is C16H26N2O2. The van der Waals surface area contributed by atoms with Crippen molar-refractivity contribution in [3.8, 4) is 0 Å². The number of hydrogen-bond acceptors (Lipinski definition) is 3. The second kappa shape index (κ2) is 8.59. The van der Waals surface area contributed by atoms with E-state index in [-0.39, 0.29) is 5.91 Å². The molecule has 4 heteroatoms. The predicted molar refractivity (Wildman–Crippen MR) is 83.5 cm³/mol. The Labute approximate surface area is 122 Å². The summed E-state index contributed by atoms with van der Waals surface area (Å²) in [6.45, 7) is 7.60. The molecule has 0 bridgehead atoms. The number of carbonyl (C=O) groups is 1. The van der Waals surface area contributed by atoms with Crippen LogP contribution in [-0.2, 0) is 4.74 Å². The topological polar surface area (TPSA) is 32.8 Å². The molecule has 0 radical (unpaired) electrons. The average molecular weight is 278 g/mol. The largest absolute Gasteiger partial charge is 0.385 e. The molecule has 0 aromatic heterocycles. The van der Waals surface area contributed by atoms with Crippen molar-refractivity contribution in [2.45, 2.75) is 20.3 Å². The van der Waals surface area contributed by atoms with Crippen molar-refractivity contribution >= 4 is 11.6 Å². The maximum absolute atomic E-state index is 12.2. The average Bonchev–Trinajstić information content (AvgIpc) is 2.48. The second-order valence-corrected chi connectivity index (χ2v) is 4.79. The molecule has 0 atom stereocenters. The summed E-state index contributed by atoms with van der Waals surface area (Å²) < 4.78 is 5.00. The Bertz CT molecular complexity index is 399. The molecule has 112 valence electrons. The summed E-state index contributed by atoms with van der Waals surface area (Å²) >= 11 is 0. The van der Waals surface area contributed by atoms with Gasteiger partial charge in [0.05, 0.1) is 0 Å². The van der Waals surface area contributed by atoms with Gasteiger partial charge in [-0.3, -0.25) is 4.79 Å². The smallest absolute Gasteiger partial charge is 0.253 e. The van der Waals surface area contributed by atoms with Crippen molar-refractivity contribution in [1.82, 2.24) is 4.90 Å². The van der Waals surface area contributed by atoms with Crippen LogP contribution in [-0.4, -0.2) is 51.2 Å². The number of nitrogens with zero attached hydrogens (tertiary/aromatic N) is 2. The minimum absolute atomic E-state index is 0.0622. The molecule has 0 unspecified atom stereocenters. The van der Waals surface area contributed by atoms with Gasteiger partial charge < -0.3 is 14.5 Å². The minimum Gasteiger partial charge on any atom is -0.385 e. The summed E-state index contributed by atoms with van der Waals surface area (Å²) in [4.78, 5) is 16.2. The molecule has 0 heterocycles. The van der Waals surface area contributed by atoms with E-state index >= 15 is 0 Å². The minimum atomic E-state index is 0.0622. The van der Waals surface area contributed by atoms with Crippen LogP contribution in [0.3, 0.4) is 0 Å². The monoisotopic (exact) mass is 278 g/mol. The molecule has 0 aliphatic carbocycles. The normalized spacial score (nSPS) is 10.4. The van der Waals surface area contributed by atoms with Gasteiger partial charge in [0.15, 0.2) is 0 Å². The zero-order chi connectivity index (χ0) is 15.0. The Hall–Kier alpha value is -1.55. The Morgan fingerprint density at radius 1 is 1.15 bits per heavy atom. The summed E-state index contributed by atoms with van der Waals surface area (Å²) in [5.74, 6) is 0.0622. The molecule has 0 saturated carbocycles. The van der Waals surface area contributed by atoms with E-state index in [1.54, 1.807) is 12.0 Å². The fraction of sp³-hybridized carbons (Fsp3) is 0.562. The molecule has 4 nitrogen and oxygen atoms in total. The van der Waals surface area contributed by atoms with Crippen LogP contribution < -0.4 is 4.90 Å². The summed E-state index contributed by atoms with van der Waals surface area (Å²) in [5, 5.41) is 0. The third-order valence-electron chi connectivity index (χ3n) is 3.43. The molecular weight excluding hydrogens is 252 g/mol. The van der Waals surface area contributed by atoms with Gasteiger partial charge >= 0.3 is 0 Å². The zero-order valence-electron chi connectivity index (χ0n) is 13.1. The van der Waals surface area contributed by atoms with Crippen LogP contribution in [0.25, 0.3) is 0 Å². The van der Waals surface area contributed by atoms with Crippen molar-refractivity contribution < 1.29 is 9.53 Å². The zero-order valence-corrected chi connectivity index (χ0v) is 13.1. The third-order valence-corrected chi connectivity index (χ3v) is 3.43. The van der Waals surface area contributed by atoms with Gasteiger partial charge in [-0.25, -0.2) is 0 Å². The van der Waals surface area contributed by atoms with Gasteiger partial charge in [0.1, 0.15) is 0 Å². The number of hydrogen-bond donors (Lipinski definition) is 0. The summed E-state index contributed by atoms with van der Waals surface area (Å²) in [5.41, 5.74) is 1.90. The Kier molecular flexibility index (Phi) is 7.09. The van der Waals surface area contributed by atoms with Crippen molar-refractivity contribution in [3.63, 3.8) is 0 Å². The molecule has 0 N–H and O–H groups in total. The lowest BCUT2D eigenvalue weighted by Crippen LogP contribution is -2.28. The third kappa shape index (κ3) is 4.53. The number of anilines is 1. The highest BCUT2D eigenvalue weighted by Crippen LogP contribution is 2.15. The summed E-state index contributed by atoms with van der Waals surface area (Å²) in [6.07, 6.45) is 0.857. The fourth-order valence-electron chi connectivity index (χ4n) is 2.17. The van der Waals surface area contributed by atoms with Crippen LogP contribution in [0.5, 0.6) is 0 Å². The second-order valence-electron chi connectivity index (χ2n) is 4.79. The fourth-order valence-corrected chi connectivity index (χ4v) is 2.17. The van der Waals surface area contributed by atoms with Crippen LogP contribution in [0.1, 0.15) is 30.6 Å². The maximum Gasteiger partial charge on any atom is 0.253 e. The van der Waals surface area contributed by atoms with Crippen molar-refractivity contribution in [2.75, 3.05) is 45.3 Å². The van der Waals surface area contributed by atoms with Crippen LogP contribution in [0, 0.1) is 0 Å². The number of benzene rings is 1. The van der Waals surface area contributed by atoms with Crippen LogP contribution >= 0.6 is 0 Å². The lowest BCUT2D eigenvalue weighted by Gasteiger charge is -2.22. The number of ether oxygens (including phenoxy) is 1.